The molecule has 15 heavy (non-hydrogen) atoms. The quantitative estimate of drug-likeness (QED) is 0.720. The average molecular weight is 228 g/mol. The van der Waals surface area contributed by atoms with Gasteiger partial charge in [-0.1, -0.05) is 12.1 Å². The second-order valence-electron chi connectivity index (χ2n) is 3.08. The molecule has 0 saturated carbocycles. The molecule has 0 aliphatic rings. The van der Waals surface area contributed by atoms with E-state index in [0.29, 0.717) is 11.3 Å². The zero-order chi connectivity index (χ0) is 11.5. The van der Waals surface area contributed by atoms with Gasteiger partial charge < -0.3 is 5.73 Å². The van der Waals surface area contributed by atoms with Gasteiger partial charge >= 0.3 is 0 Å². The molecule has 1 aromatic carbocycles. The van der Waals surface area contributed by atoms with Gasteiger partial charge in [0, 0.05) is 11.3 Å². The molecule has 5 nitrogen and oxygen atoms in total. The molecular weight excluding hydrogens is 216 g/mol. The van der Waals surface area contributed by atoms with E-state index in [1.54, 1.807) is 18.2 Å². The molecule has 0 saturated heterocycles. The summed E-state index contributed by atoms with van der Waals surface area (Å²) in [6, 6.07) is 6.20. The number of anilines is 1. The normalized spacial score (nSPS) is 11.1. The van der Waals surface area contributed by atoms with E-state index in [9.17, 15) is 13.2 Å². The molecule has 0 fully saturated rings. The van der Waals surface area contributed by atoms with Crippen LogP contribution in [0.1, 0.15) is 10.4 Å². The minimum atomic E-state index is -3.32. The molecule has 3 N–H and O–H groups in total. The van der Waals surface area contributed by atoms with E-state index in [-0.39, 0.29) is 12.3 Å². The zero-order valence-corrected chi connectivity index (χ0v) is 9.04. The van der Waals surface area contributed by atoms with Crippen molar-refractivity contribution in [2.24, 2.45) is 5.73 Å². The zero-order valence-electron chi connectivity index (χ0n) is 8.23. The predicted molar refractivity (Wildman–Crippen MR) is 58.3 cm³/mol. The first-order valence-electron chi connectivity index (χ1n) is 4.23. The maximum Gasteiger partial charge on any atom is 0.229 e. The van der Waals surface area contributed by atoms with Crippen LogP contribution in [0.2, 0.25) is 0 Å². The standard InChI is InChI=1S/C9H12N2O3S/c1-15(13,14)11-8-4-2-3-7(5-8)9(12)6-10/h2-5,11H,6,10H2,1H3. The minimum absolute atomic E-state index is 0.0949. The highest BCUT2D eigenvalue weighted by Crippen LogP contribution is 2.11. The van der Waals surface area contributed by atoms with Gasteiger partial charge in [0.1, 0.15) is 0 Å². The van der Waals surface area contributed by atoms with Crippen molar-refractivity contribution in [3.05, 3.63) is 29.8 Å². The summed E-state index contributed by atoms with van der Waals surface area (Å²) in [4.78, 5) is 11.2. The first-order valence-corrected chi connectivity index (χ1v) is 6.12. The van der Waals surface area contributed by atoms with Crippen molar-refractivity contribution in [3.8, 4) is 0 Å². The molecule has 0 radical (unpaired) electrons. The summed E-state index contributed by atoms with van der Waals surface area (Å²) in [5.74, 6) is -0.229. The van der Waals surface area contributed by atoms with Gasteiger partial charge in [-0.15, -0.1) is 0 Å². The number of carbonyl (C=O) groups is 1. The van der Waals surface area contributed by atoms with Crippen LogP contribution < -0.4 is 10.5 Å². The van der Waals surface area contributed by atoms with Gasteiger partial charge in [0.25, 0.3) is 0 Å². The fraction of sp³-hybridized carbons (Fsp3) is 0.222. The van der Waals surface area contributed by atoms with Gasteiger partial charge in [0.15, 0.2) is 5.78 Å². The summed E-state index contributed by atoms with van der Waals surface area (Å²) in [5, 5.41) is 0. The van der Waals surface area contributed by atoms with Gasteiger partial charge in [0.05, 0.1) is 12.8 Å². The second kappa shape index (κ2) is 4.41. The number of nitrogens with two attached hydrogens (primary N) is 1. The molecule has 0 aliphatic heterocycles. The summed E-state index contributed by atoms with van der Waals surface area (Å²) < 4.78 is 24.1. The summed E-state index contributed by atoms with van der Waals surface area (Å²) in [6.45, 7) is -0.0949. The Bertz CT molecular complexity index is 468. The SMILES string of the molecule is CS(=O)(=O)Nc1cccc(C(=O)CN)c1. The monoisotopic (exact) mass is 228 g/mol. The van der Waals surface area contributed by atoms with Crippen LogP contribution in [-0.4, -0.2) is 27.0 Å². The van der Waals surface area contributed by atoms with Crippen molar-refractivity contribution in [2.45, 2.75) is 0 Å². The molecule has 0 unspecified atom stereocenters. The molecular formula is C9H12N2O3S. The molecule has 0 aliphatic carbocycles. The number of hydrogen-bond acceptors (Lipinski definition) is 4. The van der Waals surface area contributed by atoms with Crippen molar-refractivity contribution in [1.29, 1.82) is 0 Å². The number of benzene rings is 1. The molecule has 0 spiro atoms. The van der Waals surface area contributed by atoms with Crippen molar-refractivity contribution in [1.82, 2.24) is 0 Å². The van der Waals surface area contributed by atoms with Crippen LogP contribution in [-0.2, 0) is 10.0 Å². The van der Waals surface area contributed by atoms with E-state index in [1.165, 1.54) is 6.07 Å². The molecule has 0 aromatic heterocycles. The van der Waals surface area contributed by atoms with Crippen LogP contribution in [0.15, 0.2) is 24.3 Å². The third-order valence-corrected chi connectivity index (χ3v) is 2.28. The summed E-state index contributed by atoms with van der Waals surface area (Å²) in [5.41, 5.74) is 5.95. The first kappa shape index (κ1) is 11.7. The van der Waals surface area contributed by atoms with Crippen LogP contribution in [0, 0.1) is 0 Å². The van der Waals surface area contributed by atoms with E-state index >= 15 is 0 Å². The van der Waals surface area contributed by atoms with Crippen LogP contribution in [0.3, 0.4) is 0 Å². The smallest absolute Gasteiger partial charge is 0.229 e. The van der Waals surface area contributed by atoms with Gasteiger partial charge in [-0.3, -0.25) is 9.52 Å². The van der Waals surface area contributed by atoms with E-state index < -0.39 is 10.0 Å². The number of ketones is 1. The highest BCUT2D eigenvalue weighted by Gasteiger charge is 2.06. The van der Waals surface area contributed by atoms with Crippen LogP contribution in [0.5, 0.6) is 0 Å². The molecule has 1 aromatic rings. The Labute approximate surface area is 88.3 Å². The third kappa shape index (κ3) is 3.69. The van der Waals surface area contributed by atoms with Crippen LogP contribution in [0.4, 0.5) is 5.69 Å². The minimum Gasteiger partial charge on any atom is -0.324 e. The van der Waals surface area contributed by atoms with Crippen LogP contribution >= 0.6 is 0 Å². The van der Waals surface area contributed by atoms with Gasteiger partial charge in [0.2, 0.25) is 10.0 Å². The molecule has 1 rings (SSSR count). The Morgan fingerprint density at radius 1 is 1.47 bits per heavy atom. The maximum absolute atomic E-state index is 11.2. The first-order chi connectivity index (χ1) is 6.92. The van der Waals surface area contributed by atoms with Gasteiger partial charge in [-0.05, 0) is 12.1 Å². The number of sulfonamides is 1. The molecule has 6 heteroatoms. The van der Waals surface area contributed by atoms with Gasteiger partial charge in [-0.2, -0.15) is 0 Å². The largest absolute Gasteiger partial charge is 0.324 e. The number of Topliss-reactive ketones (excluding diaryl/α,β-unsaturated/α-hetero) is 1. The fourth-order valence-electron chi connectivity index (χ4n) is 1.09. The lowest BCUT2D eigenvalue weighted by Crippen LogP contribution is -2.14. The third-order valence-electron chi connectivity index (χ3n) is 1.67. The average Bonchev–Trinajstić information content (AvgIpc) is 2.14. The Balaban J connectivity index is 2.98. The lowest BCUT2D eigenvalue weighted by atomic mass is 10.1. The lowest BCUT2D eigenvalue weighted by molar-refractivity contribution is 0.100. The molecule has 0 amide bonds. The Kier molecular flexibility index (Phi) is 3.43. The van der Waals surface area contributed by atoms with E-state index in [1.807, 2.05) is 0 Å². The predicted octanol–water partition coefficient (Wildman–Crippen LogP) is 0.199. The van der Waals surface area contributed by atoms with E-state index in [4.69, 9.17) is 5.73 Å². The summed E-state index contributed by atoms with van der Waals surface area (Å²) in [7, 11) is -3.32. The van der Waals surface area contributed by atoms with Gasteiger partial charge in [-0.25, -0.2) is 8.42 Å². The maximum atomic E-state index is 11.2. The molecule has 0 atom stereocenters. The number of rotatable bonds is 4. The second-order valence-corrected chi connectivity index (χ2v) is 4.83. The highest BCUT2D eigenvalue weighted by atomic mass is 32.2. The van der Waals surface area contributed by atoms with Crippen LogP contribution in [0.25, 0.3) is 0 Å². The fourth-order valence-corrected chi connectivity index (χ4v) is 1.64. The van der Waals surface area contributed by atoms with Crippen molar-refractivity contribution < 1.29 is 13.2 Å². The summed E-state index contributed by atoms with van der Waals surface area (Å²) >= 11 is 0. The number of hydrogen-bond donors (Lipinski definition) is 2. The number of nitrogens with one attached hydrogen (secondary N) is 1. The summed E-state index contributed by atoms with van der Waals surface area (Å²) in [6.07, 6.45) is 1.05. The lowest BCUT2D eigenvalue weighted by Gasteiger charge is -2.05. The molecule has 0 bridgehead atoms. The van der Waals surface area contributed by atoms with Crippen molar-refractivity contribution in [3.63, 3.8) is 0 Å². The van der Waals surface area contributed by atoms with Crippen molar-refractivity contribution in [2.75, 3.05) is 17.5 Å². The van der Waals surface area contributed by atoms with E-state index in [0.717, 1.165) is 6.26 Å². The molecule has 0 heterocycles. The topological polar surface area (TPSA) is 89.3 Å². The Hall–Kier alpha value is -1.40. The Morgan fingerprint density at radius 2 is 2.13 bits per heavy atom. The molecule has 82 valence electrons. The highest BCUT2D eigenvalue weighted by molar-refractivity contribution is 7.92. The van der Waals surface area contributed by atoms with Crippen molar-refractivity contribution >= 4 is 21.5 Å². The van der Waals surface area contributed by atoms with E-state index in [2.05, 4.69) is 4.72 Å². The number of carbonyl (C=O) groups excluding carboxylic acids is 1. The Morgan fingerprint density at radius 3 is 2.67 bits per heavy atom.